The lowest BCUT2D eigenvalue weighted by Crippen LogP contribution is -2.28. The zero-order valence-electron chi connectivity index (χ0n) is 16.8. The predicted octanol–water partition coefficient (Wildman–Crippen LogP) is 2.64. The van der Waals surface area contributed by atoms with E-state index in [1.54, 1.807) is 23.0 Å². The van der Waals surface area contributed by atoms with Gasteiger partial charge in [0.2, 0.25) is 5.91 Å². The molecule has 0 fully saturated rings. The topological polar surface area (TPSA) is 89.3 Å². The molecule has 0 radical (unpaired) electrons. The number of benzene rings is 1. The van der Waals surface area contributed by atoms with E-state index in [2.05, 4.69) is 15.4 Å². The Labute approximate surface area is 172 Å². The number of alkyl halides is 2. The molecular weight excluding hydrogens is 394 g/mol. The summed E-state index contributed by atoms with van der Waals surface area (Å²) in [6, 6.07) is 7.05. The standard InChI is InChI=1S/C21H24F2N4O3/c1-13-9-15(3-4-19(13)30-12-20(22)23)14(2)27-11-16-17(26-27)5-6-24-18(16)10-21(29)25-7-8-28/h3-6,9,11,14,20,28H,7-8,10,12H2,1-2H3,(H,25,29)/t14-/m1/s1. The van der Waals surface area contributed by atoms with Crippen molar-refractivity contribution in [3.05, 3.63) is 53.5 Å². The van der Waals surface area contributed by atoms with E-state index in [1.807, 2.05) is 32.2 Å². The average Bonchev–Trinajstić information content (AvgIpc) is 3.16. The molecule has 0 aliphatic carbocycles. The Morgan fingerprint density at radius 3 is 2.83 bits per heavy atom. The number of ether oxygens (including phenoxy) is 1. The SMILES string of the molecule is Cc1cc([C@@H](C)n2cc3c(CC(=O)NCCO)nccc3n2)ccc1OCC(F)F. The van der Waals surface area contributed by atoms with Crippen LogP contribution in [-0.4, -0.2) is 52.0 Å². The van der Waals surface area contributed by atoms with Crippen molar-refractivity contribution in [3.8, 4) is 5.75 Å². The number of fused-ring (bicyclic) bond motifs is 1. The smallest absolute Gasteiger partial charge is 0.272 e. The van der Waals surface area contributed by atoms with Crippen LogP contribution in [0.1, 0.15) is 29.8 Å². The monoisotopic (exact) mass is 418 g/mol. The van der Waals surface area contributed by atoms with Crippen molar-refractivity contribution < 1.29 is 23.4 Å². The van der Waals surface area contributed by atoms with Crippen molar-refractivity contribution in [2.24, 2.45) is 0 Å². The summed E-state index contributed by atoms with van der Waals surface area (Å²) in [4.78, 5) is 16.3. The summed E-state index contributed by atoms with van der Waals surface area (Å²) in [6.45, 7) is 3.22. The molecule has 0 spiro atoms. The highest BCUT2D eigenvalue weighted by Crippen LogP contribution is 2.27. The van der Waals surface area contributed by atoms with Crippen LogP contribution in [0.3, 0.4) is 0 Å². The van der Waals surface area contributed by atoms with Gasteiger partial charge >= 0.3 is 0 Å². The van der Waals surface area contributed by atoms with Gasteiger partial charge in [-0.25, -0.2) is 8.78 Å². The average molecular weight is 418 g/mol. The second kappa shape index (κ2) is 9.62. The van der Waals surface area contributed by atoms with Gasteiger partial charge in [-0.05, 0) is 37.1 Å². The third kappa shape index (κ3) is 5.10. The van der Waals surface area contributed by atoms with Crippen LogP contribution >= 0.6 is 0 Å². The Morgan fingerprint density at radius 1 is 1.33 bits per heavy atom. The summed E-state index contributed by atoms with van der Waals surface area (Å²) < 4.78 is 31.7. The van der Waals surface area contributed by atoms with Crippen LogP contribution in [0.2, 0.25) is 0 Å². The maximum absolute atomic E-state index is 12.4. The number of carbonyl (C=O) groups excluding carboxylic acids is 1. The molecule has 3 aromatic rings. The number of aliphatic hydroxyl groups excluding tert-OH is 1. The fraction of sp³-hybridized carbons (Fsp3) is 0.381. The fourth-order valence-corrected chi connectivity index (χ4v) is 3.17. The molecule has 0 saturated carbocycles. The number of nitrogens with one attached hydrogen (secondary N) is 1. The summed E-state index contributed by atoms with van der Waals surface area (Å²) in [5, 5.41) is 16.8. The first-order valence-electron chi connectivity index (χ1n) is 9.61. The number of aryl methyl sites for hydroxylation is 1. The van der Waals surface area contributed by atoms with Gasteiger partial charge in [0.25, 0.3) is 6.43 Å². The molecule has 7 nitrogen and oxygen atoms in total. The molecule has 2 heterocycles. The van der Waals surface area contributed by atoms with Gasteiger partial charge in [0.05, 0.1) is 30.3 Å². The van der Waals surface area contributed by atoms with Gasteiger partial charge < -0.3 is 15.2 Å². The first kappa shape index (κ1) is 21.6. The minimum Gasteiger partial charge on any atom is -0.487 e. The van der Waals surface area contributed by atoms with E-state index in [4.69, 9.17) is 9.84 Å². The van der Waals surface area contributed by atoms with Gasteiger partial charge in [0, 0.05) is 24.3 Å². The molecule has 1 amide bonds. The molecule has 2 N–H and O–H groups in total. The molecule has 160 valence electrons. The van der Waals surface area contributed by atoms with Crippen LogP contribution in [0, 0.1) is 6.92 Å². The first-order chi connectivity index (χ1) is 14.4. The number of carbonyl (C=O) groups is 1. The Balaban J connectivity index is 1.82. The number of halogens is 2. The highest BCUT2D eigenvalue weighted by atomic mass is 19.3. The molecule has 3 rings (SSSR count). The lowest BCUT2D eigenvalue weighted by Gasteiger charge is -2.15. The van der Waals surface area contributed by atoms with E-state index in [0.717, 1.165) is 22.0 Å². The number of aromatic nitrogens is 3. The van der Waals surface area contributed by atoms with Gasteiger partial charge in [0.15, 0.2) is 0 Å². The summed E-state index contributed by atoms with van der Waals surface area (Å²) in [5.74, 6) is 0.206. The maximum atomic E-state index is 12.4. The van der Waals surface area contributed by atoms with Gasteiger partial charge in [-0.2, -0.15) is 5.10 Å². The zero-order chi connectivity index (χ0) is 21.7. The van der Waals surface area contributed by atoms with E-state index in [9.17, 15) is 13.6 Å². The van der Waals surface area contributed by atoms with Crippen molar-refractivity contribution in [2.75, 3.05) is 19.8 Å². The highest BCUT2D eigenvalue weighted by molar-refractivity contribution is 5.86. The van der Waals surface area contributed by atoms with Crippen LogP contribution in [-0.2, 0) is 11.2 Å². The third-order valence-corrected chi connectivity index (χ3v) is 4.74. The van der Waals surface area contributed by atoms with Gasteiger partial charge in [-0.1, -0.05) is 12.1 Å². The quantitative estimate of drug-likeness (QED) is 0.558. The summed E-state index contributed by atoms with van der Waals surface area (Å²) in [7, 11) is 0. The van der Waals surface area contributed by atoms with Gasteiger partial charge in [-0.15, -0.1) is 0 Å². The minimum atomic E-state index is -2.52. The van der Waals surface area contributed by atoms with Gasteiger partial charge in [-0.3, -0.25) is 14.5 Å². The maximum Gasteiger partial charge on any atom is 0.272 e. The van der Waals surface area contributed by atoms with E-state index >= 15 is 0 Å². The van der Waals surface area contributed by atoms with Crippen molar-refractivity contribution in [3.63, 3.8) is 0 Å². The number of pyridine rings is 1. The fourth-order valence-electron chi connectivity index (χ4n) is 3.17. The molecule has 30 heavy (non-hydrogen) atoms. The minimum absolute atomic E-state index is 0.0900. The van der Waals surface area contributed by atoms with Crippen molar-refractivity contribution in [2.45, 2.75) is 32.7 Å². The van der Waals surface area contributed by atoms with Crippen molar-refractivity contribution in [1.29, 1.82) is 0 Å². The molecule has 0 unspecified atom stereocenters. The molecule has 0 aliphatic rings. The highest BCUT2D eigenvalue weighted by Gasteiger charge is 2.16. The zero-order valence-corrected chi connectivity index (χ0v) is 16.8. The number of rotatable bonds is 9. The molecule has 9 heteroatoms. The number of hydrogen-bond donors (Lipinski definition) is 2. The number of aliphatic hydroxyl groups is 1. The van der Waals surface area contributed by atoms with Crippen LogP contribution < -0.4 is 10.1 Å². The normalized spacial score (nSPS) is 12.3. The molecule has 0 bridgehead atoms. The van der Waals surface area contributed by atoms with Crippen LogP contribution in [0.15, 0.2) is 36.7 Å². The first-order valence-corrected chi connectivity index (χ1v) is 9.61. The number of amides is 1. The van der Waals surface area contributed by atoms with Crippen molar-refractivity contribution >= 4 is 16.8 Å². The molecular formula is C21H24F2N4O3. The summed E-state index contributed by atoms with van der Waals surface area (Å²) in [6.07, 6.45) is 1.02. The van der Waals surface area contributed by atoms with E-state index < -0.39 is 13.0 Å². The molecule has 1 aromatic carbocycles. The second-order valence-electron chi connectivity index (χ2n) is 6.95. The van der Waals surface area contributed by atoms with E-state index in [-0.39, 0.29) is 31.5 Å². The van der Waals surface area contributed by atoms with Gasteiger partial charge in [0.1, 0.15) is 12.4 Å². The molecule has 2 aromatic heterocycles. The molecule has 0 aliphatic heterocycles. The van der Waals surface area contributed by atoms with Crippen LogP contribution in [0.25, 0.3) is 10.9 Å². The predicted molar refractivity (Wildman–Crippen MR) is 108 cm³/mol. The molecule has 1 atom stereocenters. The van der Waals surface area contributed by atoms with E-state index in [0.29, 0.717) is 11.4 Å². The second-order valence-corrected chi connectivity index (χ2v) is 6.95. The lowest BCUT2D eigenvalue weighted by molar-refractivity contribution is -0.120. The Bertz CT molecular complexity index is 1020. The Hall–Kier alpha value is -3.07. The Kier molecular flexibility index (Phi) is 6.94. The number of nitrogens with zero attached hydrogens (tertiary/aromatic N) is 3. The molecule has 0 saturated heterocycles. The lowest BCUT2D eigenvalue weighted by atomic mass is 10.1. The summed E-state index contributed by atoms with van der Waals surface area (Å²) in [5.41, 5.74) is 3.03. The largest absolute Gasteiger partial charge is 0.487 e. The van der Waals surface area contributed by atoms with E-state index in [1.165, 1.54) is 0 Å². The third-order valence-electron chi connectivity index (χ3n) is 4.74. The Morgan fingerprint density at radius 2 is 2.13 bits per heavy atom. The van der Waals surface area contributed by atoms with Crippen molar-refractivity contribution in [1.82, 2.24) is 20.1 Å². The van der Waals surface area contributed by atoms with Crippen LogP contribution in [0.4, 0.5) is 8.78 Å². The summed E-state index contributed by atoms with van der Waals surface area (Å²) >= 11 is 0. The van der Waals surface area contributed by atoms with Crippen LogP contribution in [0.5, 0.6) is 5.75 Å². The number of hydrogen-bond acceptors (Lipinski definition) is 5.